The highest BCUT2D eigenvalue weighted by atomic mass is 19.3. The highest BCUT2D eigenvalue weighted by Crippen LogP contribution is 2.38. The third kappa shape index (κ3) is 3.58. The van der Waals surface area contributed by atoms with E-state index in [1.807, 2.05) is 0 Å². The molecule has 0 bridgehead atoms. The van der Waals surface area contributed by atoms with E-state index in [0.29, 0.717) is 11.1 Å². The minimum Gasteiger partial charge on any atom is -0.490 e. The zero-order valence-electron chi connectivity index (χ0n) is 11.5. The SMILES string of the molecule is CC1(C)CCC(Oc2ccc(N)cc2C(F)F)CC1. The average molecular weight is 269 g/mol. The van der Waals surface area contributed by atoms with Crippen LogP contribution in [-0.2, 0) is 0 Å². The van der Waals surface area contributed by atoms with Crippen molar-refractivity contribution in [3.8, 4) is 5.75 Å². The van der Waals surface area contributed by atoms with Gasteiger partial charge in [-0.25, -0.2) is 8.78 Å². The van der Waals surface area contributed by atoms with Crippen molar-refractivity contribution in [2.24, 2.45) is 5.41 Å². The number of nitrogens with two attached hydrogens (primary N) is 1. The number of rotatable bonds is 3. The molecule has 1 aliphatic carbocycles. The minimum atomic E-state index is -2.56. The van der Waals surface area contributed by atoms with Crippen molar-refractivity contribution in [3.63, 3.8) is 0 Å². The Labute approximate surface area is 112 Å². The molecule has 1 saturated carbocycles. The summed E-state index contributed by atoms with van der Waals surface area (Å²) in [5.74, 6) is 0.272. The first-order valence-electron chi connectivity index (χ1n) is 6.72. The molecule has 0 aromatic heterocycles. The van der Waals surface area contributed by atoms with Gasteiger partial charge in [0.2, 0.25) is 0 Å². The highest BCUT2D eigenvalue weighted by molar-refractivity contribution is 5.48. The summed E-state index contributed by atoms with van der Waals surface area (Å²) in [5, 5.41) is 0. The topological polar surface area (TPSA) is 35.2 Å². The van der Waals surface area contributed by atoms with Crippen molar-refractivity contribution in [2.45, 2.75) is 52.1 Å². The zero-order chi connectivity index (χ0) is 14.0. The number of benzene rings is 1. The Kier molecular flexibility index (Phi) is 3.97. The lowest BCUT2D eigenvalue weighted by molar-refractivity contribution is 0.0900. The molecule has 0 aliphatic heterocycles. The Morgan fingerprint density at radius 1 is 1.26 bits per heavy atom. The average Bonchev–Trinajstić information content (AvgIpc) is 2.33. The number of nitrogen functional groups attached to an aromatic ring is 1. The molecule has 1 aliphatic rings. The number of ether oxygens (including phenoxy) is 1. The van der Waals surface area contributed by atoms with E-state index in [-0.39, 0.29) is 17.4 Å². The first-order valence-corrected chi connectivity index (χ1v) is 6.72. The van der Waals surface area contributed by atoms with Crippen LogP contribution in [0.15, 0.2) is 18.2 Å². The van der Waals surface area contributed by atoms with Gasteiger partial charge in [-0.15, -0.1) is 0 Å². The van der Waals surface area contributed by atoms with Crippen LogP contribution in [0.4, 0.5) is 14.5 Å². The molecule has 1 fully saturated rings. The number of halogens is 2. The van der Waals surface area contributed by atoms with Gasteiger partial charge >= 0.3 is 0 Å². The van der Waals surface area contributed by atoms with Crippen LogP contribution in [0, 0.1) is 5.41 Å². The summed E-state index contributed by atoms with van der Waals surface area (Å²) >= 11 is 0. The van der Waals surface area contributed by atoms with Crippen LogP contribution in [0.5, 0.6) is 5.75 Å². The Morgan fingerprint density at radius 3 is 2.47 bits per heavy atom. The molecular weight excluding hydrogens is 248 g/mol. The van der Waals surface area contributed by atoms with Gasteiger partial charge in [0.15, 0.2) is 0 Å². The molecule has 0 amide bonds. The van der Waals surface area contributed by atoms with Gasteiger partial charge in [-0.3, -0.25) is 0 Å². The van der Waals surface area contributed by atoms with Gasteiger partial charge in [-0.1, -0.05) is 13.8 Å². The molecule has 1 aromatic rings. The second kappa shape index (κ2) is 5.35. The Bertz CT molecular complexity index is 436. The summed E-state index contributed by atoms with van der Waals surface area (Å²) < 4.78 is 31.7. The highest BCUT2D eigenvalue weighted by Gasteiger charge is 2.28. The lowest BCUT2D eigenvalue weighted by Gasteiger charge is -2.34. The summed E-state index contributed by atoms with van der Waals surface area (Å²) in [6.07, 6.45) is 1.45. The van der Waals surface area contributed by atoms with Crippen LogP contribution in [0.25, 0.3) is 0 Å². The predicted molar refractivity (Wildman–Crippen MR) is 72.5 cm³/mol. The largest absolute Gasteiger partial charge is 0.490 e. The smallest absolute Gasteiger partial charge is 0.267 e. The zero-order valence-corrected chi connectivity index (χ0v) is 11.5. The van der Waals surface area contributed by atoms with Crippen LogP contribution in [0.3, 0.4) is 0 Å². The Morgan fingerprint density at radius 2 is 1.89 bits per heavy atom. The molecule has 106 valence electrons. The maximum absolute atomic E-state index is 12.9. The van der Waals surface area contributed by atoms with Crippen molar-refractivity contribution in [3.05, 3.63) is 23.8 Å². The number of hydrogen-bond acceptors (Lipinski definition) is 2. The molecule has 0 heterocycles. The van der Waals surface area contributed by atoms with Gasteiger partial charge in [-0.05, 0) is 49.3 Å². The first kappa shape index (κ1) is 14.1. The van der Waals surface area contributed by atoms with Crippen LogP contribution >= 0.6 is 0 Å². The van der Waals surface area contributed by atoms with Crippen molar-refractivity contribution >= 4 is 5.69 Å². The second-order valence-electron chi connectivity index (χ2n) is 6.08. The van der Waals surface area contributed by atoms with Gasteiger partial charge in [0.05, 0.1) is 11.7 Å². The number of alkyl halides is 2. The third-order valence-electron chi connectivity index (χ3n) is 3.85. The molecule has 0 spiro atoms. The van der Waals surface area contributed by atoms with Crippen LogP contribution in [0.2, 0.25) is 0 Å². The molecule has 2 nitrogen and oxygen atoms in total. The van der Waals surface area contributed by atoms with E-state index in [4.69, 9.17) is 10.5 Å². The van der Waals surface area contributed by atoms with E-state index < -0.39 is 6.43 Å². The van der Waals surface area contributed by atoms with E-state index >= 15 is 0 Å². The van der Waals surface area contributed by atoms with E-state index in [2.05, 4.69) is 13.8 Å². The molecular formula is C15H21F2NO. The Balaban J connectivity index is 2.07. The lowest BCUT2D eigenvalue weighted by atomic mass is 9.76. The van der Waals surface area contributed by atoms with E-state index in [1.54, 1.807) is 12.1 Å². The van der Waals surface area contributed by atoms with Crippen molar-refractivity contribution in [1.29, 1.82) is 0 Å². The molecule has 0 saturated heterocycles. The van der Waals surface area contributed by atoms with Crippen LogP contribution in [-0.4, -0.2) is 6.10 Å². The molecule has 0 unspecified atom stereocenters. The maximum Gasteiger partial charge on any atom is 0.267 e. The number of anilines is 1. The molecule has 1 aromatic carbocycles. The molecule has 4 heteroatoms. The fraction of sp³-hybridized carbons (Fsp3) is 0.600. The van der Waals surface area contributed by atoms with Gasteiger partial charge in [0.25, 0.3) is 6.43 Å². The normalized spacial score (nSPS) is 19.6. The number of hydrogen-bond donors (Lipinski definition) is 1. The van der Waals surface area contributed by atoms with Gasteiger partial charge in [0, 0.05) is 5.69 Å². The van der Waals surface area contributed by atoms with Gasteiger partial charge < -0.3 is 10.5 Å². The van der Waals surface area contributed by atoms with Gasteiger partial charge in [0.1, 0.15) is 5.75 Å². The molecule has 2 rings (SSSR count). The van der Waals surface area contributed by atoms with Crippen LogP contribution < -0.4 is 10.5 Å². The molecule has 19 heavy (non-hydrogen) atoms. The lowest BCUT2D eigenvalue weighted by Crippen LogP contribution is -2.28. The van der Waals surface area contributed by atoms with E-state index in [9.17, 15) is 8.78 Å². The fourth-order valence-electron chi connectivity index (χ4n) is 2.51. The molecule has 0 radical (unpaired) electrons. The monoisotopic (exact) mass is 269 g/mol. The van der Waals surface area contributed by atoms with Crippen molar-refractivity contribution < 1.29 is 13.5 Å². The van der Waals surface area contributed by atoms with E-state index in [1.165, 1.54) is 6.07 Å². The standard InChI is InChI=1S/C15H21F2NO/c1-15(2)7-5-11(6-8-15)19-13-4-3-10(18)9-12(13)14(16)17/h3-4,9,11,14H,5-8,18H2,1-2H3. The quantitative estimate of drug-likeness (QED) is 0.817. The molecule has 2 N–H and O–H groups in total. The van der Waals surface area contributed by atoms with Crippen molar-refractivity contribution in [1.82, 2.24) is 0 Å². The summed E-state index contributed by atoms with van der Waals surface area (Å²) in [6.45, 7) is 4.47. The fourth-order valence-corrected chi connectivity index (χ4v) is 2.51. The molecule has 0 atom stereocenters. The van der Waals surface area contributed by atoms with Crippen molar-refractivity contribution in [2.75, 3.05) is 5.73 Å². The summed E-state index contributed by atoms with van der Waals surface area (Å²) in [7, 11) is 0. The maximum atomic E-state index is 12.9. The van der Waals surface area contributed by atoms with Crippen LogP contribution in [0.1, 0.15) is 51.5 Å². The summed E-state index contributed by atoms with van der Waals surface area (Å²) in [5.41, 5.74) is 6.12. The minimum absolute atomic E-state index is 0.0362. The summed E-state index contributed by atoms with van der Waals surface area (Å²) in [6, 6.07) is 4.46. The Hall–Kier alpha value is -1.32. The summed E-state index contributed by atoms with van der Waals surface area (Å²) in [4.78, 5) is 0. The first-order chi connectivity index (χ1) is 8.87. The van der Waals surface area contributed by atoms with E-state index in [0.717, 1.165) is 25.7 Å². The third-order valence-corrected chi connectivity index (χ3v) is 3.85. The second-order valence-corrected chi connectivity index (χ2v) is 6.08. The van der Waals surface area contributed by atoms with Gasteiger partial charge in [-0.2, -0.15) is 0 Å². The predicted octanol–water partition coefficient (Wildman–Crippen LogP) is 4.55.